The number of benzene rings is 1. The molecule has 1 aromatic carbocycles. The Labute approximate surface area is 116 Å². The molecule has 6 heteroatoms. The standard InChI is InChI=1S/C14H16N2O4/c1-14(2,3)13-16-15-11(20-13)8-19-10-7-5-4-6-9(10)12(17)18/h4-7H,8H2,1-3H3,(H,17,18). The maximum absolute atomic E-state index is 11.0. The molecular weight excluding hydrogens is 260 g/mol. The average molecular weight is 276 g/mol. The van der Waals surface area contributed by atoms with Crippen molar-refractivity contribution in [3.63, 3.8) is 0 Å². The summed E-state index contributed by atoms with van der Waals surface area (Å²) in [6, 6.07) is 6.41. The summed E-state index contributed by atoms with van der Waals surface area (Å²) in [6.45, 7) is 5.92. The highest BCUT2D eigenvalue weighted by molar-refractivity contribution is 5.90. The van der Waals surface area contributed by atoms with Crippen molar-refractivity contribution < 1.29 is 19.1 Å². The molecule has 0 saturated carbocycles. The molecule has 0 aliphatic rings. The summed E-state index contributed by atoms with van der Waals surface area (Å²) in [5.41, 5.74) is -0.132. The predicted octanol–water partition coefficient (Wildman–Crippen LogP) is 2.64. The first-order valence-corrected chi connectivity index (χ1v) is 6.16. The van der Waals surface area contributed by atoms with Gasteiger partial charge in [-0.25, -0.2) is 4.79 Å². The van der Waals surface area contributed by atoms with Gasteiger partial charge in [-0.2, -0.15) is 0 Å². The summed E-state index contributed by atoms with van der Waals surface area (Å²) >= 11 is 0. The summed E-state index contributed by atoms with van der Waals surface area (Å²) in [5, 5.41) is 16.9. The van der Waals surface area contributed by atoms with Crippen LogP contribution in [0.1, 0.15) is 42.9 Å². The second kappa shape index (κ2) is 5.32. The van der Waals surface area contributed by atoms with E-state index < -0.39 is 5.97 Å². The van der Waals surface area contributed by atoms with E-state index in [1.54, 1.807) is 18.2 Å². The summed E-state index contributed by atoms with van der Waals surface area (Å²) in [5.74, 6) is 0.0646. The Morgan fingerprint density at radius 1 is 1.30 bits per heavy atom. The maximum atomic E-state index is 11.0. The molecule has 1 aromatic heterocycles. The molecule has 106 valence electrons. The molecule has 0 amide bonds. The monoisotopic (exact) mass is 276 g/mol. The van der Waals surface area contributed by atoms with E-state index in [9.17, 15) is 4.79 Å². The highest BCUT2D eigenvalue weighted by Crippen LogP contribution is 2.22. The molecule has 20 heavy (non-hydrogen) atoms. The highest BCUT2D eigenvalue weighted by atomic mass is 16.5. The minimum absolute atomic E-state index is 0.0351. The van der Waals surface area contributed by atoms with Gasteiger partial charge in [0, 0.05) is 5.41 Å². The van der Waals surface area contributed by atoms with E-state index >= 15 is 0 Å². The van der Waals surface area contributed by atoms with E-state index in [2.05, 4.69) is 10.2 Å². The molecule has 0 bridgehead atoms. The molecule has 0 aliphatic carbocycles. The number of aromatic carboxylic acids is 1. The third-order valence-corrected chi connectivity index (χ3v) is 2.58. The number of rotatable bonds is 4. The highest BCUT2D eigenvalue weighted by Gasteiger charge is 2.21. The van der Waals surface area contributed by atoms with Gasteiger partial charge in [-0.15, -0.1) is 10.2 Å². The summed E-state index contributed by atoms with van der Waals surface area (Å²) < 4.78 is 10.9. The Hall–Kier alpha value is -2.37. The Morgan fingerprint density at radius 2 is 2.00 bits per heavy atom. The molecular formula is C14H16N2O4. The number of ether oxygens (including phenoxy) is 1. The quantitative estimate of drug-likeness (QED) is 0.923. The van der Waals surface area contributed by atoms with Crippen LogP contribution in [0.5, 0.6) is 5.75 Å². The summed E-state index contributed by atoms with van der Waals surface area (Å²) in [7, 11) is 0. The number of aromatic nitrogens is 2. The first-order valence-electron chi connectivity index (χ1n) is 6.16. The van der Waals surface area contributed by atoms with E-state index in [1.807, 2.05) is 20.8 Å². The van der Waals surface area contributed by atoms with Crippen LogP contribution in [-0.4, -0.2) is 21.3 Å². The molecule has 0 radical (unpaired) electrons. The van der Waals surface area contributed by atoms with E-state index in [0.717, 1.165) is 0 Å². The van der Waals surface area contributed by atoms with Gasteiger partial charge in [0.05, 0.1) is 0 Å². The van der Waals surface area contributed by atoms with Gasteiger partial charge in [0.2, 0.25) is 5.89 Å². The van der Waals surface area contributed by atoms with E-state index in [-0.39, 0.29) is 23.3 Å². The van der Waals surface area contributed by atoms with E-state index in [1.165, 1.54) is 6.07 Å². The van der Waals surface area contributed by atoms with Crippen molar-refractivity contribution in [3.8, 4) is 5.75 Å². The molecule has 0 aliphatic heterocycles. The molecule has 0 saturated heterocycles. The van der Waals surface area contributed by atoms with Gasteiger partial charge < -0.3 is 14.3 Å². The number of hydrogen-bond donors (Lipinski definition) is 1. The van der Waals surface area contributed by atoms with Gasteiger partial charge in [-0.1, -0.05) is 32.9 Å². The van der Waals surface area contributed by atoms with Crippen LogP contribution in [0.2, 0.25) is 0 Å². The fraction of sp³-hybridized carbons (Fsp3) is 0.357. The van der Waals surface area contributed by atoms with Crippen LogP contribution in [0.3, 0.4) is 0 Å². The van der Waals surface area contributed by atoms with Gasteiger partial charge in [0.1, 0.15) is 11.3 Å². The zero-order valence-corrected chi connectivity index (χ0v) is 11.6. The lowest BCUT2D eigenvalue weighted by atomic mass is 9.97. The van der Waals surface area contributed by atoms with E-state index in [4.69, 9.17) is 14.3 Å². The minimum atomic E-state index is -1.04. The zero-order valence-electron chi connectivity index (χ0n) is 11.6. The molecule has 0 unspecified atom stereocenters. The molecule has 2 aromatic rings. The van der Waals surface area contributed by atoms with Crippen LogP contribution in [0, 0.1) is 0 Å². The third kappa shape index (κ3) is 3.14. The lowest BCUT2D eigenvalue weighted by Gasteiger charge is -2.11. The SMILES string of the molecule is CC(C)(C)c1nnc(COc2ccccc2C(=O)O)o1. The number of para-hydroxylation sites is 1. The molecule has 1 heterocycles. The third-order valence-electron chi connectivity index (χ3n) is 2.58. The Morgan fingerprint density at radius 3 is 2.60 bits per heavy atom. The van der Waals surface area contributed by atoms with Crippen molar-refractivity contribution in [1.29, 1.82) is 0 Å². The number of carboxylic acid groups (broad SMARTS) is 1. The van der Waals surface area contributed by atoms with Crippen LogP contribution in [0.4, 0.5) is 0 Å². The number of carboxylic acids is 1. The summed E-state index contributed by atoms with van der Waals surface area (Å²) in [6.07, 6.45) is 0. The second-order valence-electron chi connectivity index (χ2n) is 5.34. The van der Waals surface area contributed by atoms with Crippen LogP contribution in [0.15, 0.2) is 28.7 Å². The Balaban J connectivity index is 2.10. The lowest BCUT2D eigenvalue weighted by Crippen LogP contribution is -2.11. The fourth-order valence-electron chi connectivity index (χ4n) is 1.52. The van der Waals surface area contributed by atoms with Crippen LogP contribution in [-0.2, 0) is 12.0 Å². The Bertz CT molecular complexity index is 614. The van der Waals surface area contributed by atoms with Crippen molar-refractivity contribution in [2.45, 2.75) is 32.8 Å². The summed E-state index contributed by atoms with van der Waals surface area (Å²) in [4.78, 5) is 11.0. The van der Waals surface area contributed by atoms with Crippen LogP contribution >= 0.6 is 0 Å². The van der Waals surface area contributed by atoms with Crippen molar-refractivity contribution in [3.05, 3.63) is 41.6 Å². The van der Waals surface area contributed by atoms with Gasteiger partial charge in [-0.05, 0) is 12.1 Å². The second-order valence-corrected chi connectivity index (χ2v) is 5.34. The molecule has 0 atom stereocenters. The van der Waals surface area contributed by atoms with Crippen molar-refractivity contribution in [2.24, 2.45) is 0 Å². The lowest BCUT2D eigenvalue weighted by molar-refractivity contribution is 0.0691. The Kier molecular flexibility index (Phi) is 3.74. The number of hydrogen-bond acceptors (Lipinski definition) is 5. The number of carbonyl (C=O) groups is 1. The van der Waals surface area contributed by atoms with Gasteiger partial charge >= 0.3 is 5.97 Å². The number of nitrogens with zero attached hydrogens (tertiary/aromatic N) is 2. The fourth-order valence-corrected chi connectivity index (χ4v) is 1.52. The maximum Gasteiger partial charge on any atom is 0.339 e. The zero-order chi connectivity index (χ0) is 14.8. The van der Waals surface area contributed by atoms with E-state index in [0.29, 0.717) is 11.8 Å². The van der Waals surface area contributed by atoms with Crippen molar-refractivity contribution >= 4 is 5.97 Å². The molecule has 6 nitrogen and oxygen atoms in total. The first kappa shape index (κ1) is 14.0. The van der Waals surface area contributed by atoms with Crippen molar-refractivity contribution in [1.82, 2.24) is 10.2 Å². The smallest absolute Gasteiger partial charge is 0.339 e. The van der Waals surface area contributed by atoms with Gasteiger partial charge in [0.25, 0.3) is 5.89 Å². The van der Waals surface area contributed by atoms with Crippen LogP contribution in [0.25, 0.3) is 0 Å². The predicted molar refractivity (Wildman–Crippen MR) is 70.7 cm³/mol. The minimum Gasteiger partial charge on any atom is -0.483 e. The average Bonchev–Trinajstić information content (AvgIpc) is 2.85. The molecule has 0 fully saturated rings. The molecule has 1 N–H and O–H groups in total. The van der Waals surface area contributed by atoms with Gasteiger partial charge in [-0.3, -0.25) is 0 Å². The van der Waals surface area contributed by atoms with Gasteiger partial charge in [0.15, 0.2) is 6.61 Å². The van der Waals surface area contributed by atoms with Crippen LogP contribution < -0.4 is 4.74 Å². The normalized spacial score (nSPS) is 11.3. The first-order chi connectivity index (χ1) is 9.38. The molecule has 0 spiro atoms. The topological polar surface area (TPSA) is 85.5 Å². The molecule has 2 rings (SSSR count). The van der Waals surface area contributed by atoms with Crippen molar-refractivity contribution in [2.75, 3.05) is 0 Å². The largest absolute Gasteiger partial charge is 0.483 e.